The lowest BCUT2D eigenvalue weighted by molar-refractivity contribution is -0.137. The van der Waals surface area contributed by atoms with Crippen LogP contribution in [0.25, 0.3) is 0 Å². The van der Waals surface area contributed by atoms with Gasteiger partial charge in [-0.2, -0.15) is 13.2 Å². The van der Waals surface area contributed by atoms with Crippen LogP contribution in [0.5, 0.6) is 5.75 Å². The molecule has 1 saturated heterocycles. The number of β-amino-alcohol motifs (C(OH)–C–C–N with tert-alkyl or cyclic N) is 1. The van der Waals surface area contributed by atoms with Crippen LogP contribution < -0.4 is 9.64 Å². The Morgan fingerprint density at radius 1 is 1.10 bits per heavy atom. The number of ether oxygens (including phenoxy) is 1. The molecule has 0 aliphatic carbocycles. The summed E-state index contributed by atoms with van der Waals surface area (Å²) in [5.74, 6) is 0.650. The number of piperazine rings is 1. The van der Waals surface area contributed by atoms with E-state index in [1.165, 1.54) is 12.1 Å². The van der Waals surface area contributed by atoms with Gasteiger partial charge in [0.15, 0.2) is 5.78 Å². The Kier molecular flexibility index (Phi) is 7.56. The maximum atomic E-state index is 12.9. The number of Topliss-reactive ketones (excluding diaryl/α,β-unsaturated/α-hetero) is 1. The maximum Gasteiger partial charge on any atom is 0.416 e. The fourth-order valence-electron chi connectivity index (χ4n) is 3.55. The number of carbonyl (C=O) groups excluding carboxylic acids is 1. The normalized spacial score (nSPS) is 16.2. The van der Waals surface area contributed by atoms with Crippen LogP contribution in [-0.4, -0.2) is 61.2 Å². The first kappa shape index (κ1) is 23.1. The van der Waals surface area contributed by atoms with E-state index in [0.717, 1.165) is 6.07 Å². The number of alkyl halides is 3. The number of ketones is 1. The summed E-state index contributed by atoms with van der Waals surface area (Å²) in [7, 11) is 0. The van der Waals surface area contributed by atoms with Crippen LogP contribution in [-0.2, 0) is 6.18 Å². The molecule has 0 bridgehead atoms. The second-order valence-corrected chi connectivity index (χ2v) is 7.60. The standard InChI is InChI=1S/C23H27F3N2O3/c1-2-22(30)17-6-8-21(9-7-17)31-16-20(29)15-27-10-12-28(13-11-27)19-5-3-4-18(14-19)23(24,25)26/h3-9,14,20,29H,2,10-13,15-16H2,1H3/t20-/m1/s1. The first-order valence-corrected chi connectivity index (χ1v) is 10.3. The Morgan fingerprint density at radius 2 is 1.77 bits per heavy atom. The van der Waals surface area contributed by atoms with Gasteiger partial charge in [0.1, 0.15) is 18.5 Å². The number of hydrogen-bond donors (Lipinski definition) is 1. The van der Waals surface area contributed by atoms with Crippen molar-refractivity contribution in [2.45, 2.75) is 25.6 Å². The van der Waals surface area contributed by atoms with Gasteiger partial charge in [-0.3, -0.25) is 9.69 Å². The van der Waals surface area contributed by atoms with Gasteiger partial charge in [-0.1, -0.05) is 13.0 Å². The largest absolute Gasteiger partial charge is 0.491 e. The zero-order valence-corrected chi connectivity index (χ0v) is 17.4. The molecule has 0 unspecified atom stereocenters. The van der Waals surface area contributed by atoms with Gasteiger partial charge in [-0.05, 0) is 42.5 Å². The SMILES string of the molecule is CCC(=O)c1ccc(OC[C@H](O)CN2CCN(c3cccc(C(F)(F)F)c3)CC2)cc1. The van der Waals surface area contributed by atoms with Crippen molar-refractivity contribution in [1.29, 1.82) is 0 Å². The highest BCUT2D eigenvalue weighted by Crippen LogP contribution is 2.31. The highest BCUT2D eigenvalue weighted by Gasteiger charge is 2.31. The van der Waals surface area contributed by atoms with Crippen LogP contribution in [0.1, 0.15) is 29.3 Å². The molecule has 1 heterocycles. The van der Waals surface area contributed by atoms with Crippen LogP contribution in [0.4, 0.5) is 18.9 Å². The maximum absolute atomic E-state index is 12.9. The predicted octanol–water partition coefficient (Wildman–Crippen LogP) is 3.86. The third-order valence-electron chi connectivity index (χ3n) is 5.32. The van der Waals surface area contributed by atoms with E-state index in [-0.39, 0.29) is 12.4 Å². The number of aliphatic hydroxyl groups excluding tert-OH is 1. The average Bonchev–Trinajstić information content (AvgIpc) is 2.77. The topological polar surface area (TPSA) is 53.0 Å². The number of benzene rings is 2. The molecule has 1 aliphatic rings. The molecule has 8 heteroatoms. The Hall–Kier alpha value is -2.58. The van der Waals surface area contributed by atoms with Crippen molar-refractivity contribution >= 4 is 11.5 Å². The third kappa shape index (κ3) is 6.45. The van der Waals surface area contributed by atoms with Gasteiger partial charge < -0.3 is 14.7 Å². The van der Waals surface area contributed by atoms with E-state index in [1.807, 2.05) is 11.8 Å². The first-order chi connectivity index (χ1) is 14.8. The Labute approximate surface area is 180 Å². The molecule has 3 rings (SSSR count). The van der Waals surface area contributed by atoms with E-state index in [0.29, 0.717) is 56.1 Å². The van der Waals surface area contributed by atoms with Crippen molar-refractivity contribution in [1.82, 2.24) is 4.90 Å². The molecule has 168 valence electrons. The van der Waals surface area contributed by atoms with E-state index in [2.05, 4.69) is 4.90 Å². The number of halogens is 3. The lowest BCUT2D eigenvalue weighted by Crippen LogP contribution is -2.49. The molecule has 0 saturated carbocycles. The van der Waals surface area contributed by atoms with Crippen molar-refractivity contribution < 1.29 is 27.8 Å². The molecule has 5 nitrogen and oxygen atoms in total. The summed E-state index contributed by atoms with van der Waals surface area (Å²) in [6.07, 6.45) is -4.61. The lowest BCUT2D eigenvalue weighted by Gasteiger charge is -2.37. The summed E-state index contributed by atoms with van der Waals surface area (Å²) in [6, 6.07) is 12.2. The van der Waals surface area contributed by atoms with Gasteiger partial charge in [0.05, 0.1) is 5.56 Å². The molecule has 0 aromatic heterocycles. The monoisotopic (exact) mass is 436 g/mol. The number of carbonyl (C=O) groups is 1. The molecule has 0 amide bonds. The highest BCUT2D eigenvalue weighted by molar-refractivity contribution is 5.95. The molecular formula is C23H27F3N2O3. The second-order valence-electron chi connectivity index (χ2n) is 7.60. The minimum Gasteiger partial charge on any atom is -0.491 e. The van der Waals surface area contributed by atoms with Crippen LogP contribution in [0.2, 0.25) is 0 Å². The van der Waals surface area contributed by atoms with Gasteiger partial charge in [0.25, 0.3) is 0 Å². The first-order valence-electron chi connectivity index (χ1n) is 10.3. The lowest BCUT2D eigenvalue weighted by atomic mass is 10.1. The van der Waals surface area contributed by atoms with E-state index >= 15 is 0 Å². The number of hydrogen-bond acceptors (Lipinski definition) is 5. The quantitative estimate of drug-likeness (QED) is 0.637. The summed E-state index contributed by atoms with van der Waals surface area (Å²) in [5.41, 5.74) is 0.546. The van der Waals surface area contributed by atoms with Gasteiger partial charge in [-0.15, -0.1) is 0 Å². The van der Waals surface area contributed by atoms with E-state index in [1.54, 1.807) is 30.3 Å². The fourth-order valence-corrected chi connectivity index (χ4v) is 3.55. The summed E-state index contributed by atoms with van der Waals surface area (Å²) in [4.78, 5) is 15.6. The van der Waals surface area contributed by atoms with Crippen LogP contribution >= 0.6 is 0 Å². The van der Waals surface area contributed by atoms with Gasteiger partial charge in [0.2, 0.25) is 0 Å². The van der Waals surface area contributed by atoms with Crippen LogP contribution in [0, 0.1) is 0 Å². The molecule has 1 N–H and O–H groups in total. The molecule has 2 aromatic rings. The van der Waals surface area contributed by atoms with Crippen molar-refractivity contribution in [3.63, 3.8) is 0 Å². The molecule has 0 spiro atoms. The molecule has 1 aliphatic heterocycles. The molecule has 1 fully saturated rings. The van der Waals surface area contributed by atoms with E-state index in [4.69, 9.17) is 4.74 Å². The number of aliphatic hydroxyl groups is 1. The Bertz CT molecular complexity index is 863. The summed E-state index contributed by atoms with van der Waals surface area (Å²) in [5, 5.41) is 10.3. The van der Waals surface area contributed by atoms with Crippen molar-refractivity contribution in [3.8, 4) is 5.75 Å². The van der Waals surface area contributed by atoms with Crippen molar-refractivity contribution in [2.24, 2.45) is 0 Å². The summed E-state index contributed by atoms with van der Waals surface area (Å²) < 4.78 is 44.4. The number of rotatable bonds is 8. The molecular weight excluding hydrogens is 409 g/mol. The molecule has 1 atom stereocenters. The summed E-state index contributed by atoms with van der Waals surface area (Å²) in [6.45, 7) is 4.80. The van der Waals surface area contributed by atoms with Crippen molar-refractivity contribution in [2.75, 3.05) is 44.2 Å². The van der Waals surface area contributed by atoms with E-state index < -0.39 is 17.8 Å². The third-order valence-corrected chi connectivity index (χ3v) is 5.32. The van der Waals surface area contributed by atoms with Crippen LogP contribution in [0.15, 0.2) is 48.5 Å². The predicted molar refractivity (Wildman–Crippen MR) is 113 cm³/mol. The summed E-state index contributed by atoms with van der Waals surface area (Å²) >= 11 is 0. The second kappa shape index (κ2) is 10.2. The number of anilines is 1. The highest BCUT2D eigenvalue weighted by atomic mass is 19.4. The zero-order valence-electron chi connectivity index (χ0n) is 17.4. The Morgan fingerprint density at radius 3 is 2.39 bits per heavy atom. The minimum absolute atomic E-state index is 0.0656. The van der Waals surface area contributed by atoms with Gasteiger partial charge >= 0.3 is 6.18 Å². The molecule has 31 heavy (non-hydrogen) atoms. The average molecular weight is 436 g/mol. The van der Waals surface area contributed by atoms with E-state index in [9.17, 15) is 23.1 Å². The zero-order chi connectivity index (χ0) is 22.4. The molecule has 0 radical (unpaired) electrons. The Balaban J connectivity index is 1.44. The van der Waals surface area contributed by atoms with Gasteiger partial charge in [0, 0.05) is 50.4 Å². The smallest absolute Gasteiger partial charge is 0.416 e. The number of nitrogens with zero attached hydrogens (tertiary/aromatic N) is 2. The van der Waals surface area contributed by atoms with Gasteiger partial charge in [-0.25, -0.2) is 0 Å². The van der Waals surface area contributed by atoms with Crippen LogP contribution in [0.3, 0.4) is 0 Å². The van der Waals surface area contributed by atoms with Crippen molar-refractivity contribution in [3.05, 3.63) is 59.7 Å². The minimum atomic E-state index is -4.35. The molecule has 2 aromatic carbocycles. The fraction of sp³-hybridized carbons (Fsp3) is 0.435.